The summed E-state index contributed by atoms with van der Waals surface area (Å²) in [5.74, 6) is 0. The van der Waals surface area contributed by atoms with Crippen LogP contribution in [0, 0.1) is 6.92 Å². The molecule has 0 aliphatic heterocycles. The molecule has 2 atom stereocenters. The number of aliphatic hydroxyl groups is 1. The van der Waals surface area contributed by atoms with Gasteiger partial charge < -0.3 is 20.7 Å². The zero-order chi connectivity index (χ0) is 16.4. The molecule has 0 bridgehead atoms. The van der Waals surface area contributed by atoms with E-state index in [9.17, 15) is 9.90 Å². The largest absolute Gasteiger partial charge is 0.394 e. The maximum Gasteiger partial charge on any atom is 0.315 e. The van der Waals surface area contributed by atoms with E-state index < -0.39 is 0 Å². The monoisotopic (exact) mass is 315 g/mol. The number of aliphatic hydroxyl groups excluding tert-OH is 1. The second-order valence-electron chi connectivity index (χ2n) is 6.48. The molecule has 5 nitrogen and oxygen atoms in total. The molecule has 2 aromatic rings. The number of hydrogen-bond acceptors (Lipinski definition) is 2. The van der Waals surface area contributed by atoms with E-state index in [2.05, 4.69) is 40.7 Å². The van der Waals surface area contributed by atoms with Gasteiger partial charge in [-0.2, -0.15) is 0 Å². The third kappa shape index (κ3) is 3.34. The molecule has 5 heteroatoms. The van der Waals surface area contributed by atoms with E-state index in [1.807, 2.05) is 6.92 Å². The van der Waals surface area contributed by atoms with Crippen molar-refractivity contribution in [1.29, 1.82) is 0 Å². The van der Waals surface area contributed by atoms with Crippen molar-refractivity contribution in [3.63, 3.8) is 0 Å². The van der Waals surface area contributed by atoms with Gasteiger partial charge in [0.05, 0.1) is 12.6 Å². The molecule has 0 saturated heterocycles. The first-order valence-corrected chi connectivity index (χ1v) is 8.38. The Morgan fingerprint density at radius 1 is 1.48 bits per heavy atom. The van der Waals surface area contributed by atoms with Crippen LogP contribution in [0.5, 0.6) is 0 Å². The Morgan fingerprint density at radius 2 is 2.30 bits per heavy atom. The van der Waals surface area contributed by atoms with E-state index in [-0.39, 0.29) is 24.7 Å². The van der Waals surface area contributed by atoms with E-state index in [0.717, 1.165) is 25.7 Å². The predicted octanol–water partition coefficient (Wildman–Crippen LogP) is 2.40. The molecule has 1 heterocycles. The quantitative estimate of drug-likeness (QED) is 0.699. The van der Waals surface area contributed by atoms with Crippen LogP contribution in [-0.2, 0) is 12.8 Å². The first kappa shape index (κ1) is 15.9. The number of aromatic amines is 1. The zero-order valence-corrected chi connectivity index (χ0v) is 13.8. The number of aryl methyl sites for hydroxylation is 2. The van der Waals surface area contributed by atoms with Gasteiger partial charge in [0, 0.05) is 22.6 Å². The average Bonchev–Trinajstić information content (AvgIpc) is 2.90. The van der Waals surface area contributed by atoms with Crippen LogP contribution in [0.4, 0.5) is 4.79 Å². The molecular formula is C18H25N3O2. The smallest absolute Gasteiger partial charge is 0.315 e. The number of nitrogens with one attached hydrogen (secondary N) is 3. The minimum Gasteiger partial charge on any atom is -0.394 e. The number of fused-ring (bicyclic) bond motifs is 3. The summed E-state index contributed by atoms with van der Waals surface area (Å²) in [5.41, 5.74) is 5.05. The topological polar surface area (TPSA) is 77.2 Å². The molecule has 2 unspecified atom stereocenters. The molecule has 3 rings (SSSR count). The van der Waals surface area contributed by atoms with Crippen molar-refractivity contribution in [3.8, 4) is 0 Å². The van der Waals surface area contributed by atoms with Crippen LogP contribution in [0.2, 0.25) is 0 Å². The highest BCUT2D eigenvalue weighted by Crippen LogP contribution is 2.29. The van der Waals surface area contributed by atoms with Gasteiger partial charge in [-0.25, -0.2) is 4.79 Å². The highest BCUT2D eigenvalue weighted by atomic mass is 16.3. The summed E-state index contributed by atoms with van der Waals surface area (Å²) in [6, 6.07) is 6.24. The van der Waals surface area contributed by atoms with E-state index in [4.69, 9.17) is 0 Å². The van der Waals surface area contributed by atoms with Crippen molar-refractivity contribution in [3.05, 3.63) is 35.0 Å². The third-order valence-corrected chi connectivity index (χ3v) is 4.73. The molecule has 1 aromatic heterocycles. The first-order valence-electron chi connectivity index (χ1n) is 8.38. The summed E-state index contributed by atoms with van der Waals surface area (Å²) in [7, 11) is 0. The van der Waals surface area contributed by atoms with Gasteiger partial charge in [0.15, 0.2) is 0 Å². The number of carbonyl (C=O) groups excluding carboxylic acids is 1. The summed E-state index contributed by atoms with van der Waals surface area (Å²) in [6.07, 6.45) is 3.45. The number of aromatic nitrogens is 1. The molecule has 124 valence electrons. The summed E-state index contributed by atoms with van der Waals surface area (Å²) in [6.45, 7) is 4.02. The zero-order valence-electron chi connectivity index (χ0n) is 13.8. The fourth-order valence-corrected chi connectivity index (χ4v) is 3.34. The summed E-state index contributed by atoms with van der Waals surface area (Å²) in [5, 5.41) is 16.3. The normalized spacial score (nSPS) is 18.5. The lowest BCUT2D eigenvalue weighted by molar-refractivity contribution is 0.211. The van der Waals surface area contributed by atoms with E-state index in [1.165, 1.54) is 27.7 Å². The van der Waals surface area contributed by atoms with Gasteiger partial charge in [-0.15, -0.1) is 0 Å². The minimum atomic E-state index is -0.185. The molecular weight excluding hydrogens is 290 g/mol. The Bertz CT molecular complexity index is 704. The molecule has 4 N–H and O–H groups in total. The van der Waals surface area contributed by atoms with E-state index in [1.54, 1.807) is 0 Å². The molecule has 1 aromatic carbocycles. The highest BCUT2D eigenvalue weighted by Gasteiger charge is 2.24. The van der Waals surface area contributed by atoms with Crippen molar-refractivity contribution in [2.45, 2.75) is 51.6 Å². The van der Waals surface area contributed by atoms with Gasteiger partial charge in [-0.05, 0) is 50.3 Å². The van der Waals surface area contributed by atoms with Crippen LogP contribution >= 0.6 is 0 Å². The predicted molar refractivity (Wildman–Crippen MR) is 91.7 cm³/mol. The molecule has 1 aliphatic carbocycles. The van der Waals surface area contributed by atoms with Crippen molar-refractivity contribution in [2.75, 3.05) is 6.61 Å². The van der Waals surface area contributed by atoms with Crippen LogP contribution in [0.3, 0.4) is 0 Å². The summed E-state index contributed by atoms with van der Waals surface area (Å²) < 4.78 is 0. The standard InChI is InChI=1S/C18H25N3O2/c1-3-12(10-22)19-18(23)20-13-5-7-17-15(9-13)14-8-11(2)4-6-16(14)21-17/h4,6,8,12-13,21-22H,3,5,7,9-10H2,1-2H3,(H2,19,20,23). The van der Waals surface area contributed by atoms with Gasteiger partial charge in [-0.3, -0.25) is 0 Å². The maximum atomic E-state index is 12.1. The van der Waals surface area contributed by atoms with Gasteiger partial charge >= 0.3 is 6.03 Å². The van der Waals surface area contributed by atoms with Crippen LogP contribution < -0.4 is 10.6 Å². The van der Waals surface area contributed by atoms with Gasteiger partial charge in [-0.1, -0.05) is 18.6 Å². The third-order valence-electron chi connectivity index (χ3n) is 4.73. The van der Waals surface area contributed by atoms with Crippen LogP contribution in [0.15, 0.2) is 18.2 Å². The van der Waals surface area contributed by atoms with Crippen molar-refractivity contribution < 1.29 is 9.90 Å². The molecule has 0 saturated carbocycles. The number of H-pyrrole nitrogens is 1. The van der Waals surface area contributed by atoms with Crippen molar-refractivity contribution in [2.24, 2.45) is 0 Å². The van der Waals surface area contributed by atoms with Crippen LogP contribution in [0.1, 0.15) is 36.6 Å². The molecule has 2 amide bonds. The number of hydrogen-bond donors (Lipinski definition) is 4. The maximum absolute atomic E-state index is 12.1. The lowest BCUT2D eigenvalue weighted by Crippen LogP contribution is -2.48. The van der Waals surface area contributed by atoms with Gasteiger partial charge in [0.25, 0.3) is 0 Å². The number of benzene rings is 1. The number of urea groups is 1. The number of amides is 2. The summed E-state index contributed by atoms with van der Waals surface area (Å²) >= 11 is 0. The Kier molecular flexibility index (Phi) is 4.57. The molecule has 0 fully saturated rings. The number of carbonyl (C=O) groups is 1. The lowest BCUT2D eigenvalue weighted by Gasteiger charge is -2.25. The lowest BCUT2D eigenvalue weighted by atomic mass is 9.91. The molecule has 23 heavy (non-hydrogen) atoms. The van der Waals surface area contributed by atoms with Gasteiger partial charge in [0.1, 0.15) is 0 Å². The number of rotatable bonds is 4. The fourth-order valence-electron chi connectivity index (χ4n) is 3.34. The molecule has 0 spiro atoms. The van der Waals surface area contributed by atoms with Crippen LogP contribution in [0.25, 0.3) is 10.9 Å². The molecule has 1 aliphatic rings. The van der Waals surface area contributed by atoms with Gasteiger partial charge in [0.2, 0.25) is 0 Å². The first-order chi connectivity index (χ1) is 11.1. The minimum absolute atomic E-state index is 0.0273. The average molecular weight is 315 g/mol. The van der Waals surface area contributed by atoms with E-state index >= 15 is 0 Å². The highest BCUT2D eigenvalue weighted by molar-refractivity contribution is 5.86. The Labute approximate surface area is 136 Å². The second kappa shape index (κ2) is 6.62. The Balaban J connectivity index is 1.71. The Hall–Kier alpha value is -2.01. The SMILES string of the molecule is CCC(CO)NC(=O)NC1CCc2[nH]c3ccc(C)cc3c2C1. The van der Waals surface area contributed by atoms with Crippen molar-refractivity contribution >= 4 is 16.9 Å². The van der Waals surface area contributed by atoms with Crippen LogP contribution in [-0.4, -0.2) is 34.8 Å². The Morgan fingerprint density at radius 3 is 3.04 bits per heavy atom. The second-order valence-corrected chi connectivity index (χ2v) is 6.48. The molecule has 0 radical (unpaired) electrons. The van der Waals surface area contributed by atoms with E-state index in [0.29, 0.717) is 0 Å². The summed E-state index contributed by atoms with van der Waals surface area (Å²) in [4.78, 5) is 15.6. The fraction of sp³-hybridized carbons (Fsp3) is 0.500. The van der Waals surface area contributed by atoms with Crippen molar-refractivity contribution in [1.82, 2.24) is 15.6 Å².